The van der Waals surface area contributed by atoms with Crippen LogP contribution in [0.15, 0.2) is 16.6 Å². The second-order valence-corrected chi connectivity index (χ2v) is 5.62. The van der Waals surface area contributed by atoms with Gasteiger partial charge in [0.25, 0.3) is 0 Å². The Balaban J connectivity index is 2.27. The number of halogens is 1. The standard InChI is InChI=1S/C14H20BrNO3/c1-18-12-7-10(11(15)8-13(12)19-2)14(17)9-3-5-16-6-4-9/h7-9,14,16-17H,3-6H2,1-2H3. The second kappa shape index (κ2) is 6.59. The van der Waals surface area contributed by atoms with E-state index in [4.69, 9.17) is 9.47 Å². The molecule has 2 N–H and O–H groups in total. The van der Waals surface area contributed by atoms with E-state index in [1.165, 1.54) is 0 Å². The van der Waals surface area contributed by atoms with Gasteiger partial charge in [0, 0.05) is 4.47 Å². The van der Waals surface area contributed by atoms with Gasteiger partial charge in [-0.15, -0.1) is 0 Å². The molecule has 2 rings (SSSR count). The molecule has 106 valence electrons. The van der Waals surface area contributed by atoms with E-state index in [1.54, 1.807) is 14.2 Å². The van der Waals surface area contributed by atoms with Crippen molar-refractivity contribution in [2.75, 3.05) is 27.3 Å². The van der Waals surface area contributed by atoms with Crippen molar-refractivity contribution in [3.05, 3.63) is 22.2 Å². The van der Waals surface area contributed by atoms with Crippen molar-refractivity contribution in [1.29, 1.82) is 0 Å². The van der Waals surface area contributed by atoms with Crippen LogP contribution in [0.25, 0.3) is 0 Å². The third-order valence-electron chi connectivity index (χ3n) is 3.65. The molecule has 1 aromatic carbocycles. The third kappa shape index (κ3) is 3.22. The summed E-state index contributed by atoms with van der Waals surface area (Å²) in [7, 11) is 3.21. The van der Waals surface area contributed by atoms with Crippen LogP contribution in [0.3, 0.4) is 0 Å². The highest BCUT2D eigenvalue weighted by molar-refractivity contribution is 9.10. The van der Waals surface area contributed by atoms with Crippen molar-refractivity contribution >= 4 is 15.9 Å². The van der Waals surface area contributed by atoms with Crippen molar-refractivity contribution in [2.45, 2.75) is 18.9 Å². The first kappa shape index (κ1) is 14.6. The Labute approximate surface area is 122 Å². The first-order valence-corrected chi connectivity index (χ1v) is 7.27. The van der Waals surface area contributed by atoms with Crippen molar-refractivity contribution < 1.29 is 14.6 Å². The van der Waals surface area contributed by atoms with Gasteiger partial charge in [0.15, 0.2) is 11.5 Å². The van der Waals surface area contributed by atoms with Crippen LogP contribution in [0, 0.1) is 5.92 Å². The fourth-order valence-electron chi connectivity index (χ4n) is 2.51. The number of ether oxygens (including phenoxy) is 2. The average molecular weight is 330 g/mol. The van der Waals surface area contributed by atoms with Crippen molar-refractivity contribution in [2.24, 2.45) is 5.92 Å². The number of aliphatic hydroxyl groups is 1. The minimum absolute atomic E-state index is 0.288. The number of benzene rings is 1. The molecule has 0 saturated carbocycles. The minimum Gasteiger partial charge on any atom is -0.493 e. The maximum absolute atomic E-state index is 10.6. The first-order chi connectivity index (χ1) is 9.17. The molecule has 1 atom stereocenters. The van der Waals surface area contributed by atoms with Gasteiger partial charge in [-0.25, -0.2) is 0 Å². The highest BCUT2D eigenvalue weighted by Crippen LogP contribution is 2.39. The highest BCUT2D eigenvalue weighted by Gasteiger charge is 2.25. The summed E-state index contributed by atoms with van der Waals surface area (Å²) in [6.45, 7) is 1.93. The molecule has 4 nitrogen and oxygen atoms in total. The van der Waals surface area contributed by atoms with Gasteiger partial charge in [0.2, 0.25) is 0 Å². The van der Waals surface area contributed by atoms with Gasteiger partial charge in [0.1, 0.15) is 0 Å². The second-order valence-electron chi connectivity index (χ2n) is 4.76. The summed E-state index contributed by atoms with van der Waals surface area (Å²) in [5.41, 5.74) is 0.865. The lowest BCUT2D eigenvalue weighted by atomic mass is 9.88. The van der Waals surface area contributed by atoms with E-state index in [-0.39, 0.29) is 5.92 Å². The molecule has 1 aromatic rings. The highest BCUT2D eigenvalue weighted by atomic mass is 79.9. The van der Waals surface area contributed by atoms with E-state index < -0.39 is 6.10 Å². The molecule has 0 bridgehead atoms. The summed E-state index contributed by atoms with van der Waals surface area (Å²) < 4.78 is 11.4. The fourth-order valence-corrected chi connectivity index (χ4v) is 3.07. The van der Waals surface area contributed by atoms with Gasteiger partial charge >= 0.3 is 0 Å². The summed E-state index contributed by atoms with van der Waals surface area (Å²) in [5.74, 6) is 1.60. The molecule has 1 aliphatic heterocycles. The van der Waals surface area contributed by atoms with Gasteiger partial charge in [-0.05, 0) is 49.5 Å². The maximum Gasteiger partial charge on any atom is 0.161 e. The molecule has 5 heteroatoms. The SMILES string of the molecule is COc1cc(Br)c(C(O)C2CCNCC2)cc1OC. The molecule has 1 aliphatic rings. The Hall–Kier alpha value is -0.780. The summed E-state index contributed by atoms with van der Waals surface area (Å²) in [5, 5.41) is 13.9. The smallest absolute Gasteiger partial charge is 0.161 e. The molecule has 0 radical (unpaired) electrons. The Kier molecular flexibility index (Phi) is 5.07. The lowest BCUT2D eigenvalue weighted by Crippen LogP contribution is -2.31. The van der Waals surface area contributed by atoms with Gasteiger partial charge < -0.3 is 19.9 Å². The number of methoxy groups -OCH3 is 2. The quantitative estimate of drug-likeness (QED) is 0.891. The maximum atomic E-state index is 10.6. The van der Waals surface area contributed by atoms with Crippen LogP contribution in [0.4, 0.5) is 0 Å². The number of aliphatic hydroxyl groups excluding tert-OH is 1. The molecular weight excluding hydrogens is 310 g/mol. The molecule has 19 heavy (non-hydrogen) atoms. The lowest BCUT2D eigenvalue weighted by Gasteiger charge is -2.28. The van der Waals surface area contributed by atoms with Crippen LogP contribution in [0.2, 0.25) is 0 Å². The van der Waals surface area contributed by atoms with Crippen LogP contribution < -0.4 is 14.8 Å². The van der Waals surface area contributed by atoms with E-state index >= 15 is 0 Å². The zero-order valence-electron chi connectivity index (χ0n) is 11.3. The molecule has 0 aromatic heterocycles. The number of nitrogens with one attached hydrogen (secondary N) is 1. The van der Waals surface area contributed by atoms with E-state index in [2.05, 4.69) is 21.2 Å². The predicted octanol–water partition coefficient (Wildman–Crippen LogP) is 2.50. The summed E-state index contributed by atoms with van der Waals surface area (Å²) in [6.07, 6.45) is 1.50. The zero-order chi connectivity index (χ0) is 13.8. The molecule has 1 fully saturated rings. The topological polar surface area (TPSA) is 50.7 Å². The lowest BCUT2D eigenvalue weighted by molar-refractivity contribution is 0.0880. The Morgan fingerprint density at radius 2 is 1.79 bits per heavy atom. The van der Waals surface area contributed by atoms with Crippen LogP contribution in [0.5, 0.6) is 11.5 Å². The number of hydrogen-bond acceptors (Lipinski definition) is 4. The molecule has 1 saturated heterocycles. The van der Waals surface area contributed by atoms with E-state index in [0.717, 1.165) is 36.0 Å². The largest absolute Gasteiger partial charge is 0.493 e. The summed E-state index contributed by atoms with van der Waals surface area (Å²) in [4.78, 5) is 0. The molecule has 0 spiro atoms. The Morgan fingerprint density at radius 3 is 2.37 bits per heavy atom. The number of hydrogen-bond donors (Lipinski definition) is 2. The van der Waals surface area contributed by atoms with E-state index in [1.807, 2.05) is 12.1 Å². The van der Waals surface area contributed by atoms with Crippen molar-refractivity contribution in [3.63, 3.8) is 0 Å². The average Bonchev–Trinajstić information content (AvgIpc) is 2.47. The summed E-state index contributed by atoms with van der Waals surface area (Å²) >= 11 is 3.51. The number of rotatable bonds is 4. The van der Waals surface area contributed by atoms with Crippen LogP contribution >= 0.6 is 15.9 Å². The molecule has 1 unspecified atom stereocenters. The summed E-state index contributed by atoms with van der Waals surface area (Å²) in [6, 6.07) is 3.70. The Bertz CT molecular complexity index is 433. The monoisotopic (exact) mass is 329 g/mol. The molecule has 0 aliphatic carbocycles. The zero-order valence-corrected chi connectivity index (χ0v) is 12.9. The van der Waals surface area contributed by atoms with Crippen LogP contribution in [0.1, 0.15) is 24.5 Å². The normalized spacial score (nSPS) is 18.1. The van der Waals surface area contributed by atoms with E-state index in [0.29, 0.717) is 11.5 Å². The minimum atomic E-state index is -0.476. The Morgan fingerprint density at radius 1 is 1.21 bits per heavy atom. The number of piperidine rings is 1. The van der Waals surface area contributed by atoms with Gasteiger partial charge in [-0.3, -0.25) is 0 Å². The fraction of sp³-hybridized carbons (Fsp3) is 0.571. The molecule has 1 heterocycles. The third-order valence-corrected chi connectivity index (χ3v) is 4.34. The first-order valence-electron chi connectivity index (χ1n) is 6.47. The van der Waals surface area contributed by atoms with Gasteiger partial charge in [-0.2, -0.15) is 0 Å². The van der Waals surface area contributed by atoms with Gasteiger partial charge in [0.05, 0.1) is 20.3 Å². The van der Waals surface area contributed by atoms with E-state index in [9.17, 15) is 5.11 Å². The van der Waals surface area contributed by atoms with Gasteiger partial charge in [-0.1, -0.05) is 15.9 Å². The van der Waals surface area contributed by atoms with Crippen LogP contribution in [-0.4, -0.2) is 32.4 Å². The molecular formula is C14H20BrNO3. The molecule has 0 amide bonds. The van der Waals surface area contributed by atoms with Crippen molar-refractivity contribution in [3.8, 4) is 11.5 Å². The predicted molar refractivity (Wildman–Crippen MR) is 77.8 cm³/mol. The van der Waals surface area contributed by atoms with Crippen molar-refractivity contribution in [1.82, 2.24) is 5.32 Å². The van der Waals surface area contributed by atoms with Crippen LogP contribution in [-0.2, 0) is 0 Å².